The van der Waals surface area contributed by atoms with Crippen molar-refractivity contribution in [3.8, 4) is 22.5 Å². The molecular formula is C60H42N4. The van der Waals surface area contributed by atoms with Crippen LogP contribution in [0.25, 0.3) is 66.1 Å². The van der Waals surface area contributed by atoms with Gasteiger partial charge in [0.05, 0.1) is 22.1 Å². The summed E-state index contributed by atoms with van der Waals surface area (Å²) < 4.78 is 4.81. The Morgan fingerprint density at radius 2 is 0.516 bits per heavy atom. The standard InChI is InChI=1S/C60H42N4/c1-5-17-45(18-6-1)61(46-19-7-2-8-20-46)51-37-39-55-53-25-13-15-27-57(53)63(59(55)41-51)49-33-29-43(30-34-49)44-31-35-50(36-32-44)64-58-28-16-14-26-54(58)56-40-38-52(42-60(56)64)62(47-21-9-3-10-22-47)48-23-11-4-12-24-48/h1-42H. The molecule has 0 saturated carbocycles. The van der Waals surface area contributed by atoms with E-state index < -0.39 is 0 Å². The van der Waals surface area contributed by atoms with Gasteiger partial charge in [0, 0.05) is 67.0 Å². The summed E-state index contributed by atoms with van der Waals surface area (Å²) in [5, 5.41) is 4.93. The topological polar surface area (TPSA) is 16.3 Å². The number of aromatic nitrogens is 2. The van der Waals surface area contributed by atoms with Gasteiger partial charge in [0.25, 0.3) is 0 Å². The van der Waals surface area contributed by atoms with Crippen LogP contribution in [0.3, 0.4) is 0 Å². The molecule has 0 bridgehead atoms. The van der Waals surface area contributed by atoms with Gasteiger partial charge in [0.1, 0.15) is 0 Å². The molecule has 0 spiro atoms. The summed E-state index contributed by atoms with van der Waals surface area (Å²) in [6, 6.07) is 91.6. The van der Waals surface area contributed by atoms with Gasteiger partial charge in [0.2, 0.25) is 0 Å². The number of fused-ring (bicyclic) bond motifs is 6. The average Bonchev–Trinajstić information content (AvgIpc) is 3.88. The van der Waals surface area contributed by atoms with Crippen molar-refractivity contribution in [1.29, 1.82) is 0 Å². The predicted molar refractivity (Wildman–Crippen MR) is 270 cm³/mol. The molecule has 4 heteroatoms. The van der Waals surface area contributed by atoms with Crippen LogP contribution in [0.15, 0.2) is 255 Å². The number of para-hydroxylation sites is 6. The Bertz CT molecular complexity index is 3250. The lowest BCUT2D eigenvalue weighted by Gasteiger charge is -2.25. The first-order chi connectivity index (χ1) is 31.8. The number of hydrogen-bond donors (Lipinski definition) is 0. The summed E-state index contributed by atoms with van der Waals surface area (Å²) in [4.78, 5) is 4.66. The van der Waals surface area contributed by atoms with E-state index in [9.17, 15) is 0 Å². The molecule has 0 atom stereocenters. The summed E-state index contributed by atoms with van der Waals surface area (Å²) in [5.74, 6) is 0. The van der Waals surface area contributed by atoms with E-state index in [4.69, 9.17) is 0 Å². The quantitative estimate of drug-likeness (QED) is 0.144. The average molecular weight is 819 g/mol. The van der Waals surface area contributed by atoms with Crippen molar-refractivity contribution in [3.63, 3.8) is 0 Å². The molecule has 12 aromatic rings. The van der Waals surface area contributed by atoms with E-state index in [0.717, 1.165) is 56.5 Å². The molecule has 12 rings (SSSR count). The van der Waals surface area contributed by atoms with Crippen LogP contribution in [0.4, 0.5) is 34.1 Å². The summed E-state index contributed by atoms with van der Waals surface area (Å²) in [6.07, 6.45) is 0. The van der Waals surface area contributed by atoms with E-state index in [1.165, 1.54) is 43.7 Å². The van der Waals surface area contributed by atoms with Crippen LogP contribution in [0.5, 0.6) is 0 Å². The summed E-state index contributed by atoms with van der Waals surface area (Å²) in [7, 11) is 0. The van der Waals surface area contributed by atoms with Crippen molar-refractivity contribution in [2.24, 2.45) is 0 Å². The molecule has 0 N–H and O–H groups in total. The van der Waals surface area contributed by atoms with Crippen LogP contribution in [0.2, 0.25) is 0 Å². The van der Waals surface area contributed by atoms with Crippen molar-refractivity contribution < 1.29 is 0 Å². The molecular weight excluding hydrogens is 777 g/mol. The molecule has 64 heavy (non-hydrogen) atoms. The number of benzene rings is 10. The molecule has 0 amide bonds. The minimum Gasteiger partial charge on any atom is -0.310 e. The van der Waals surface area contributed by atoms with Gasteiger partial charge in [-0.1, -0.05) is 146 Å². The highest BCUT2D eigenvalue weighted by molar-refractivity contribution is 6.11. The largest absolute Gasteiger partial charge is 0.310 e. The fraction of sp³-hybridized carbons (Fsp3) is 0. The molecule has 0 fully saturated rings. The van der Waals surface area contributed by atoms with E-state index in [0.29, 0.717) is 0 Å². The zero-order valence-corrected chi connectivity index (χ0v) is 35.0. The van der Waals surface area contributed by atoms with Crippen molar-refractivity contribution in [1.82, 2.24) is 9.13 Å². The maximum absolute atomic E-state index is 2.41. The lowest BCUT2D eigenvalue weighted by atomic mass is 10.0. The van der Waals surface area contributed by atoms with Crippen molar-refractivity contribution in [2.45, 2.75) is 0 Å². The minimum atomic E-state index is 1.11. The zero-order valence-electron chi connectivity index (χ0n) is 35.0. The van der Waals surface area contributed by atoms with Gasteiger partial charge < -0.3 is 18.9 Å². The van der Waals surface area contributed by atoms with Crippen molar-refractivity contribution in [2.75, 3.05) is 9.80 Å². The Labute approximate surface area is 372 Å². The SMILES string of the molecule is c1ccc(N(c2ccccc2)c2ccc3c4ccccc4n(-c4ccc(-c5ccc(-n6c7ccccc7c7ccc(N(c8ccccc8)c8ccccc8)cc76)cc5)cc4)c3c2)cc1. The molecule has 0 aliphatic carbocycles. The molecule has 2 aromatic heterocycles. The van der Waals surface area contributed by atoms with E-state index in [2.05, 4.69) is 274 Å². The molecule has 0 aliphatic heterocycles. The van der Waals surface area contributed by atoms with Gasteiger partial charge in [-0.2, -0.15) is 0 Å². The third kappa shape index (κ3) is 6.40. The molecule has 4 nitrogen and oxygen atoms in total. The number of nitrogens with zero attached hydrogens (tertiary/aromatic N) is 4. The number of hydrogen-bond acceptors (Lipinski definition) is 2. The fourth-order valence-electron chi connectivity index (χ4n) is 9.56. The van der Waals surface area contributed by atoms with Crippen LogP contribution in [0.1, 0.15) is 0 Å². The maximum atomic E-state index is 2.41. The Morgan fingerprint density at radius 1 is 0.219 bits per heavy atom. The smallest absolute Gasteiger partial charge is 0.0561 e. The summed E-state index contributed by atoms with van der Waals surface area (Å²) >= 11 is 0. The molecule has 0 unspecified atom stereocenters. The van der Waals surface area contributed by atoms with Gasteiger partial charge in [-0.25, -0.2) is 0 Å². The van der Waals surface area contributed by atoms with Gasteiger partial charge in [-0.05, 0) is 120 Å². The van der Waals surface area contributed by atoms with Crippen molar-refractivity contribution in [3.05, 3.63) is 255 Å². The fourth-order valence-corrected chi connectivity index (χ4v) is 9.56. The van der Waals surface area contributed by atoms with E-state index in [1.54, 1.807) is 0 Å². The molecule has 0 radical (unpaired) electrons. The molecule has 2 heterocycles. The van der Waals surface area contributed by atoms with E-state index in [-0.39, 0.29) is 0 Å². The highest BCUT2D eigenvalue weighted by Crippen LogP contribution is 2.42. The van der Waals surface area contributed by atoms with E-state index in [1.807, 2.05) is 0 Å². The van der Waals surface area contributed by atoms with Crippen LogP contribution in [-0.4, -0.2) is 9.13 Å². The third-order valence-electron chi connectivity index (χ3n) is 12.5. The predicted octanol–water partition coefficient (Wildman–Crippen LogP) is 16.5. The molecule has 0 saturated heterocycles. The first-order valence-electron chi connectivity index (χ1n) is 21.8. The Balaban J connectivity index is 0.922. The first-order valence-corrected chi connectivity index (χ1v) is 21.8. The highest BCUT2D eigenvalue weighted by Gasteiger charge is 2.19. The van der Waals surface area contributed by atoms with Crippen LogP contribution < -0.4 is 9.80 Å². The second-order valence-corrected chi connectivity index (χ2v) is 16.2. The minimum absolute atomic E-state index is 1.11. The lowest BCUT2D eigenvalue weighted by molar-refractivity contribution is 1.17. The lowest BCUT2D eigenvalue weighted by Crippen LogP contribution is -2.09. The first kappa shape index (κ1) is 37.2. The molecule has 302 valence electrons. The van der Waals surface area contributed by atoms with Crippen LogP contribution in [0, 0.1) is 0 Å². The van der Waals surface area contributed by atoms with Crippen molar-refractivity contribution >= 4 is 77.7 Å². The maximum Gasteiger partial charge on any atom is 0.0561 e. The van der Waals surface area contributed by atoms with Gasteiger partial charge in [0.15, 0.2) is 0 Å². The summed E-state index contributed by atoms with van der Waals surface area (Å²) in [6.45, 7) is 0. The Hall–Kier alpha value is -8.60. The third-order valence-corrected chi connectivity index (χ3v) is 12.5. The van der Waals surface area contributed by atoms with E-state index >= 15 is 0 Å². The van der Waals surface area contributed by atoms with Gasteiger partial charge in [-0.15, -0.1) is 0 Å². The molecule has 10 aromatic carbocycles. The van der Waals surface area contributed by atoms with Gasteiger partial charge in [-0.3, -0.25) is 0 Å². The normalized spacial score (nSPS) is 11.4. The second-order valence-electron chi connectivity index (χ2n) is 16.2. The Kier molecular flexibility index (Phi) is 9.12. The monoisotopic (exact) mass is 818 g/mol. The molecule has 0 aliphatic rings. The van der Waals surface area contributed by atoms with Crippen LogP contribution in [-0.2, 0) is 0 Å². The second kappa shape index (κ2) is 15.7. The summed E-state index contributed by atoms with van der Waals surface area (Å²) in [5.41, 5.74) is 16.0. The Morgan fingerprint density at radius 3 is 0.859 bits per heavy atom. The number of rotatable bonds is 9. The zero-order chi connectivity index (χ0) is 42.4. The van der Waals surface area contributed by atoms with Gasteiger partial charge >= 0.3 is 0 Å². The number of anilines is 6. The van der Waals surface area contributed by atoms with Crippen LogP contribution >= 0.6 is 0 Å². The highest BCUT2D eigenvalue weighted by atomic mass is 15.2.